The molecule has 0 aromatic heterocycles. The van der Waals surface area contributed by atoms with Crippen molar-refractivity contribution in [1.82, 2.24) is 5.32 Å². The summed E-state index contributed by atoms with van der Waals surface area (Å²) in [6.07, 6.45) is 0.291. The fraction of sp³-hybridized carbons (Fsp3) is 0.333. The first-order valence-electron chi connectivity index (χ1n) is 8.78. The summed E-state index contributed by atoms with van der Waals surface area (Å²) in [6, 6.07) is 15.0. The topological polar surface area (TPSA) is 58.2 Å². The first-order chi connectivity index (χ1) is 12.4. The van der Waals surface area contributed by atoms with Crippen molar-refractivity contribution in [2.24, 2.45) is 5.92 Å². The molecule has 0 spiro atoms. The van der Waals surface area contributed by atoms with E-state index >= 15 is 0 Å². The van der Waals surface area contributed by atoms with E-state index in [9.17, 15) is 14.0 Å². The third kappa shape index (κ3) is 5.41. The van der Waals surface area contributed by atoms with E-state index in [4.69, 9.17) is 0 Å². The molecule has 2 aromatic rings. The molecule has 4 nitrogen and oxygen atoms in total. The van der Waals surface area contributed by atoms with E-state index in [1.165, 1.54) is 12.1 Å². The number of carbonyl (C=O) groups is 2. The number of para-hydroxylation sites is 1. The summed E-state index contributed by atoms with van der Waals surface area (Å²) in [5.41, 5.74) is 1.20. The lowest BCUT2D eigenvalue weighted by atomic mass is 9.85. The number of hydrogen-bond donors (Lipinski definition) is 2. The van der Waals surface area contributed by atoms with Gasteiger partial charge in [-0.05, 0) is 36.5 Å². The van der Waals surface area contributed by atoms with Crippen molar-refractivity contribution in [3.8, 4) is 0 Å². The lowest BCUT2D eigenvalue weighted by molar-refractivity contribution is -0.126. The molecular formula is C21H25FN2O2. The quantitative estimate of drug-likeness (QED) is 0.785. The molecule has 2 amide bonds. The Balaban J connectivity index is 1.95. The summed E-state index contributed by atoms with van der Waals surface area (Å²) in [6.45, 7) is 5.72. The van der Waals surface area contributed by atoms with Gasteiger partial charge in [0.15, 0.2) is 0 Å². The van der Waals surface area contributed by atoms with Crippen LogP contribution in [0.2, 0.25) is 0 Å². The van der Waals surface area contributed by atoms with Gasteiger partial charge in [0.05, 0.1) is 5.69 Å². The van der Waals surface area contributed by atoms with Crippen molar-refractivity contribution >= 4 is 17.5 Å². The zero-order chi connectivity index (χ0) is 19.1. The molecule has 0 fully saturated rings. The number of rotatable bonds is 7. The van der Waals surface area contributed by atoms with Crippen molar-refractivity contribution in [2.45, 2.75) is 39.2 Å². The van der Waals surface area contributed by atoms with Crippen LogP contribution in [0.4, 0.5) is 10.1 Å². The Morgan fingerprint density at radius 3 is 2.19 bits per heavy atom. The predicted octanol–water partition coefficient (Wildman–Crippen LogP) is 4.10. The van der Waals surface area contributed by atoms with Crippen LogP contribution in [0.1, 0.15) is 38.7 Å². The highest BCUT2D eigenvalue weighted by atomic mass is 19.1. The van der Waals surface area contributed by atoms with E-state index in [-0.39, 0.29) is 23.4 Å². The second kappa shape index (κ2) is 9.13. The number of nitrogens with one attached hydrogen (secondary N) is 2. The number of amides is 2. The molecule has 0 aliphatic rings. The highest BCUT2D eigenvalue weighted by Crippen LogP contribution is 2.27. The van der Waals surface area contributed by atoms with Crippen LogP contribution in [0.25, 0.3) is 0 Å². The van der Waals surface area contributed by atoms with Crippen LogP contribution in [-0.2, 0) is 9.59 Å². The highest BCUT2D eigenvalue weighted by molar-refractivity contribution is 5.97. The van der Waals surface area contributed by atoms with E-state index in [1.54, 1.807) is 19.1 Å². The van der Waals surface area contributed by atoms with Crippen molar-refractivity contribution in [3.63, 3.8) is 0 Å². The van der Waals surface area contributed by atoms with Crippen LogP contribution < -0.4 is 10.6 Å². The minimum atomic E-state index is -0.759. The van der Waals surface area contributed by atoms with E-state index in [2.05, 4.69) is 24.5 Å². The maximum atomic E-state index is 13.6. The molecule has 0 heterocycles. The largest absolute Gasteiger partial charge is 0.345 e. The third-order valence-electron chi connectivity index (χ3n) is 4.34. The Labute approximate surface area is 153 Å². The summed E-state index contributed by atoms with van der Waals surface area (Å²) >= 11 is 0. The summed E-state index contributed by atoms with van der Waals surface area (Å²) in [5.74, 6) is -0.819. The minimum Gasteiger partial charge on any atom is -0.345 e. The minimum absolute atomic E-state index is 0.0676. The van der Waals surface area contributed by atoms with Gasteiger partial charge in [-0.2, -0.15) is 0 Å². The standard InChI is InChI=1S/C21H25FN2O2/c1-14(2)17(16-9-5-4-6-10-16)13-20(25)23-15(3)21(26)24-19-12-8-7-11-18(19)22/h4-12,14-15,17H,13H2,1-3H3,(H,23,25)(H,24,26). The zero-order valence-electron chi connectivity index (χ0n) is 15.3. The second-order valence-corrected chi connectivity index (χ2v) is 6.72. The molecule has 2 atom stereocenters. The van der Waals surface area contributed by atoms with Gasteiger partial charge >= 0.3 is 0 Å². The second-order valence-electron chi connectivity index (χ2n) is 6.72. The van der Waals surface area contributed by atoms with Crippen molar-refractivity contribution < 1.29 is 14.0 Å². The van der Waals surface area contributed by atoms with E-state index in [0.29, 0.717) is 6.42 Å². The van der Waals surface area contributed by atoms with Gasteiger partial charge in [-0.3, -0.25) is 9.59 Å². The van der Waals surface area contributed by atoms with Crippen LogP contribution >= 0.6 is 0 Å². The maximum Gasteiger partial charge on any atom is 0.246 e. The fourth-order valence-corrected chi connectivity index (χ4v) is 2.81. The normalized spacial score (nSPS) is 13.1. The highest BCUT2D eigenvalue weighted by Gasteiger charge is 2.22. The maximum absolute atomic E-state index is 13.6. The smallest absolute Gasteiger partial charge is 0.246 e. The molecule has 0 aliphatic carbocycles. The first-order valence-corrected chi connectivity index (χ1v) is 8.78. The Hall–Kier alpha value is -2.69. The molecule has 2 rings (SSSR count). The van der Waals surface area contributed by atoms with E-state index < -0.39 is 17.8 Å². The first kappa shape index (κ1) is 19.6. The average molecular weight is 356 g/mol. The number of anilines is 1. The zero-order valence-corrected chi connectivity index (χ0v) is 15.3. The average Bonchev–Trinajstić information content (AvgIpc) is 2.62. The van der Waals surface area contributed by atoms with Crippen LogP contribution in [-0.4, -0.2) is 17.9 Å². The summed E-state index contributed by atoms with van der Waals surface area (Å²) < 4.78 is 13.6. The van der Waals surface area contributed by atoms with Gasteiger partial charge in [0.1, 0.15) is 11.9 Å². The third-order valence-corrected chi connectivity index (χ3v) is 4.34. The molecule has 0 saturated carbocycles. The summed E-state index contributed by atoms with van der Waals surface area (Å²) in [5, 5.41) is 5.20. The molecule has 138 valence electrons. The Bertz CT molecular complexity index is 747. The monoisotopic (exact) mass is 356 g/mol. The molecule has 2 unspecified atom stereocenters. The van der Waals surface area contributed by atoms with Gasteiger partial charge in [0.2, 0.25) is 11.8 Å². The molecule has 0 saturated heterocycles. The Kier molecular flexibility index (Phi) is 6.89. The summed E-state index contributed by atoms with van der Waals surface area (Å²) in [7, 11) is 0. The lowest BCUT2D eigenvalue weighted by Crippen LogP contribution is -2.42. The van der Waals surface area contributed by atoms with Crippen LogP contribution in [0.5, 0.6) is 0 Å². The van der Waals surface area contributed by atoms with Crippen molar-refractivity contribution in [3.05, 3.63) is 66.0 Å². The van der Waals surface area contributed by atoms with Gasteiger partial charge in [-0.15, -0.1) is 0 Å². The lowest BCUT2D eigenvalue weighted by Gasteiger charge is -2.22. The van der Waals surface area contributed by atoms with Gasteiger partial charge in [-0.25, -0.2) is 4.39 Å². The number of halogens is 1. The van der Waals surface area contributed by atoms with E-state index in [1.807, 2.05) is 30.3 Å². The number of hydrogen-bond acceptors (Lipinski definition) is 2. The summed E-state index contributed by atoms with van der Waals surface area (Å²) in [4.78, 5) is 24.6. The molecule has 0 bridgehead atoms. The Morgan fingerprint density at radius 2 is 1.58 bits per heavy atom. The van der Waals surface area contributed by atoms with Crippen molar-refractivity contribution in [2.75, 3.05) is 5.32 Å². The Morgan fingerprint density at radius 1 is 0.962 bits per heavy atom. The SMILES string of the molecule is CC(NC(=O)CC(c1ccccc1)C(C)C)C(=O)Nc1ccccc1F. The van der Waals surface area contributed by atoms with Crippen LogP contribution in [0, 0.1) is 11.7 Å². The molecule has 0 radical (unpaired) electrons. The van der Waals surface area contributed by atoms with Gasteiger partial charge in [0.25, 0.3) is 0 Å². The molecule has 26 heavy (non-hydrogen) atoms. The van der Waals surface area contributed by atoms with Crippen molar-refractivity contribution in [1.29, 1.82) is 0 Å². The predicted molar refractivity (Wildman–Crippen MR) is 101 cm³/mol. The fourth-order valence-electron chi connectivity index (χ4n) is 2.81. The molecule has 2 aromatic carbocycles. The van der Waals surface area contributed by atoms with Crippen LogP contribution in [0.15, 0.2) is 54.6 Å². The van der Waals surface area contributed by atoms with Gasteiger partial charge in [-0.1, -0.05) is 56.3 Å². The van der Waals surface area contributed by atoms with E-state index in [0.717, 1.165) is 5.56 Å². The molecule has 0 aliphatic heterocycles. The number of benzene rings is 2. The molecule has 2 N–H and O–H groups in total. The van der Waals surface area contributed by atoms with Gasteiger partial charge < -0.3 is 10.6 Å². The molecule has 5 heteroatoms. The van der Waals surface area contributed by atoms with Crippen LogP contribution in [0.3, 0.4) is 0 Å². The number of carbonyl (C=O) groups excluding carboxylic acids is 2. The van der Waals surface area contributed by atoms with Gasteiger partial charge in [0, 0.05) is 6.42 Å². The molecular weight excluding hydrogens is 331 g/mol.